The van der Waals surface area contributed by atoms with Crippen LogP contribution in [0.3, 0.4) is 0 Å². The molecule has 3 N–H and O–H groups in total. The van der Waals surface area contributed by atoms with Crippen LogP contribution < -0.4 is 11.1 Å². The molecule has 2 atom stereocenters. The van der Waals surface area contributed by atoms with Gasteiger partial charge in [0.2, 0.25) is 0 Å². The predicted molar refractivity (Wildman–Crippen MR) is 151 cm³/mol. The Morgan fingerprint density at radius 2 is 2.05 bits per heavy atom. The molecule has 1 aliphatic rings. The van der Waals surface area contributed by atoms with Crippen molar-refractivity contribution in [1.82, 2.24) is 24.6 Å². The molecule has 198 valence electrons. The van der Waals surface area contributed by atoms with Crippen molar-refractivity contribution in [2.24, 2.45) is 11.8 Å². The molecule has 1 aromatic carbocycles. The molecule has 3 heterocycles. The molecule has 0 spiro atoms. The lowest BCUT2D eigenvalue weighted by molar-refractivity contribution is 0.404. The van der Waals surface area contributed by atoms with Crippen LogP contribution in [0.5, 0.6) is 0 Å². The Hall–Kier alpha value is -3.06. The Balaban J connectivity index is 1.73. The van der Waals surface area contributed by atoms with Crippen molar-refractivity contribution in [2.45, 2.75) is 53.4 Å². The number of aromatic nitrogens is 3. The van der Waals surface area contributed by atoms with Crippen LogP contribution in [0.4, 0.5) is 10.2 Å². The van der Waals surface area contributed by atoms with Crippen molar-refractivity contribution in [3.05, 3.63) is 76.4 Å². The fraction of sp³-hybridized carbons (Fsp3) is 0.448. The van der Waals surface area contributed by atoms with Gasteiger partial charge in [0.1, 0.15) is 17.2 Å². The molecule has 0 saturated carbocycles. The SMILES string of the molecule is C=C(NCC1CCN(C(=C)C)C1)c1c(F)c(Cl)cc(C(C)c2nc(C)c3c(N)nccn23)c1CC(C)C. The Morgan fingerprint density at radius 1 is 1.32 bits per heavy atom. The number of allylic oxidation sites excluding steroid dienone is 1. The maximum Gasteiger partial charge on any atom is 0.151 e. The molecular weight excluding hydrogens is 487 g/mol. The molecule has 0 aliphatic carbocycles. The summed E-state index contributed by atoms with van der Waals surface area (Å²) in [5, 5.41) is 3.52. The summed E-state index contributed by atoms with van der Waals surface area (Å²) in [5.41, 5.74) is 11.7. The first-order valence-electron chi connectivity index (χ1n) is 12.9. The molecule has 4 rings (SSSR count). The second-order valence-corrected chi connectivity index (χ2v) is 11.1. The number of nitrogens with one attached hydrogen (secondary N) is 1. The standard InChI is InChI=1S/C29H38ClFN6/c1-16(2)12-23-22(18(5)29-35-20(7)27-28(32)33-9-11-37(27)29)13-24(30)26(31)25(23)19(6)34-14-21-8-10-36(15-21)17(3)4/h9,11,13,16,18,21,34H,3,6,8,10,12,14-15H2,1-2,4-5,7H3,(H2,32,33). The van der Waals surface area contributed by atoms with Crippen LogP contribution in [-0.2, 0) is 6.42 Å². The highest BCUT2D eigenvalue weighted by Gasteiger charge is 2.27. The number of nitrogen functional groups attached to an aromatic ring is 1. The van der Waals surface area contributed by atoms with Crippen molar-refractivity contribution >= 4 is 28.6 Å². The van der Waals surface area contributed by atoms with E-state index in [9.17, 15) is 0 Å². The number of likely N-dealkylation sites (tertiary alicyclic amines) is 1. The smallest absolute Gasteiger partial charge is 0.151 e. The van der Waals surface area contributed by atoms with Crippen molar-refractivity contribution in [3.8, 4) is 0 Å². The second-order valence-electron chi connectivity index (χ2n) is 10.7. The molecule has 6 nitrogen and oxygen atoms in total. The summed E-state index contributed by atoms with van der Waals surface area (Å²) >= 11 is 6.52. The quantitative estimate of drug-likeness (QED) is 0.350. The monoisotopic (exact) mass is 524 g/mol. The van der Waals surface area contributed by atoms with Crippen LogP contribution in [0.15, 0.2) is 37.3 Å². The molecular formula is C29H38ClFN6. The van der Waals surface area contributed by atoms with Crippen LogP contribution in [0.25, 0.3) is 11.2 Å². The van der Waals surface area contributed by atoms with E-state index in [0.717, 1.165) is 59.9 Å². The summed E-state index contributed by atoms with van der Waals surface area (Å²) < 4.78 is 17.7. The minimum Gasteiger partial charge on any atom is -0.385 e. The highest BCUT2D eigenvalue weighted by Crippen LogP contribution is 2.38. The Morgan fingerprint density at radius 3 is 2.70 bits per heavy atom. The van der Waals surface area contributed by atoms with Gasteiger partial charge in [0.05, 0.1) is 10.7 Å². The number of nitrogens with zero attached hydrogens (tertiary/aromatic N) is 4. The molecule has 0 radical (unpaired) electrons. The molecule has 3 aromatic rings. The van der Waals surface area contributed by atoms with Gasteiger partial charge in [-0.05, 0) is 55.7 Å². The van der Waals surface area contributed by atoms with Gasteiger partial charge < -0.3 is 16.0 Å². The summed E-state index contributed by atoms with van der Waals surface area (Å²) in [6.45, 7) is 21.3. The fourth-order valence-electron chi connectivity index (χ4n) is 5.43. The number of nitrogens with two attached hydrogens (primary N) is 1. The average Bonchev–Trinajstić information content (AvgIpc) is 3.45. The lowest BCUT2D eigenvalue weighted by Crippen LogP contribution is -2.25. The van der Waals surface area contributed by atoms with Gasteiger partial charge in [0.25, 0.3) is 0 Å². The molecule has 1 fully saturated rings. The van der Waals surface area contributed by atoms with Gasteiger partial charge in [-0.25, -0.2) is 14.4 Å². The van der Waals surface area contributed by atoms with Gasteiger partial charge in [0.15, 0.2) is 5.82 Å². The fourth-order valence-corrected chi connectivity index (χ4v) is 5.64. The van der Waals surface area contributed by atoms with E-state index in [-0.39, 0.29) is 10.9 Å². The van der Waals surface area contributed by atoms with E-state index in [1.165, 1.54) is 0 Å². The number of hydrogen-bond acceptors (Lipinski definition) is 5. The third kappa shape index (κ3) is 5.33. The van der Waals surface area contributed by atoms with Crippen LogP contribution in [-0.4, -0.2) is 38.9 Å². The number of anilines is 1. The zero-order valence-electron chi connectivity index (χ0n) is 22.5. The topological polar surface area (TPSA) is 71.5 Å². The van der Waals surface area contributed by atoms with Gasteiger partial charge in [0, 0.05) is 54.9 Å². The highest BCUT2D eigenvalue weighted by atomic mass is 35.5. The van der Waals surface area contributed by atoms with Crippen molar-refractivity contribution < 1.29 is 4.39 Å². The van der Waals surface area contributed by atoms with Crippen LogP contribution in [0, 0.1) is 24.6 Å². The van der Waals surface area contributed by atoms with Crippen molar-refractivity contribution in [1.29, 1.82) is 0 Å². The largest absolute Gasteiger partial charge is 0.385 e. The van der Waals surface area contributed by atoms with Gasteiger partial charge >= 0.3 is 0 Å². The van der Waals surface area contributed by atoms with Gasteiger partial charge in [-0.1, -0.05) is 45.5 Å². The number of imidazole rings is 1. The Kier molecular flexibility index (Phi) is 7.83. The van der Waals surface area contributed by atoms with Gasteiger partial charge in [-0.2, -0.15) is 0 Å². The Bertz CT molecular complexity index is 1340. The average molecular weight is 525 g/mol. The Labute approximate surface area is 224 Å². The zero-order valence-corrected chi connectivity index (χ0v) is 23.3. The molecule has 2 unspecified atom stereocenters. The highest BCUT2D eigenvalue weighted by molar-refractivity contribution is 6.31. The first-order valence-corrected chi connectivity index (χ1v) is 13.3. The number of aryl methyl sites for hydroxylation is 1. The summed E-state index contributed by atoms with van der Waals surface area (Å²) in [5.74, 6) is 1.39. The summed E-state index contributed by atoms with van der Waals surface area (Å²) in [4.78, 5) is 11.3. The summed E-state index contributed by atoms with van der Waals surface area (Å²) in [6, 6.07) is 1.75. The van der Waals surface area contributed by atoms with E-state index in [0.29, 0.717) is 35.3 Å². The molecule has 1 saturated heterocycles. The van der Waals surface area contributed by atoms with Gasteiger partial charge in [-0.3, -0.25) is 4.40 Å². The molecule has 0 amide bonds. The minimum absolute atomic E-state index is 0.0837. The maximum atomic E-state index is 15.7. The van der Waals surface area contributed by atoms with E-state index < -0.39 is 5.82 Å². The number of fused-ring (bicyclic) bond motifs is 1. The van der Waals surface area contributed by atoms with Crippen molar-refractivity contribution in [3.63, 3.8) is 0 Å². The van der Waals surface area contributed by atoms with Crippen LogP contribution >= 0.6 is 11.6 Å². The van der Waals surface area contributed by atoms with Gasteiger partial charge in [-0.15, -0.1) is 0 Å². The zero-order chi connectivity index (χ0) is 27.0. The first kappa shape index (κ1) is 27.0. The summed E-state index contributed by atoms with van der Waals surface area (Å²) in [7, 11) is 0. The lowest BCUT2D eigenvalue weighted by Gasteiger charge is -2.24. The van der Waals surface area contributed by atoms with E-state index in [1.807, 2.05) is 24.4 Å². The normalized spacial score (nSPS) is 16.5. The molecule has 8 heteroatoms. The van der Waals surface area contributed by atoms with Crippen molar-refractivity contribution in [2.75, 3.05) is 25.4 Å². The lowest BCUT2D eigenvalue weighted by atomic mass is 9.86. The maximum absolute atomic E-state index is 15.7. The number of halogens is 2. The number of benzene rings is 1. The predicted octanol–water partition coefficient (Wildman–Crippen LogP) is 6.18. The van der Waals surface area contributed by atoms with E-state index in [2.05, 4.69) is 49.1 Å². The van der Waals surface area contributed by atoms with E-state index in [1.54, 1.807) is 12.3 Å². The third-order valence-electron chi connectivity index (χ3n) is 7.34. The number of hydrogen-bond donors (Lipinski definition) is 2. The van der Waals surface area contributed by atoms with Crippen LogP contribution in [0.2, 0.25) is 5.02 Å². The number of rotatable bonds is 9. The molecule has 1 aliphatic heterocycles. The minimum atomic E-state index is -0.432. The second kappa shape index (κ2) is 10.7. The van der Waals surface area contributed by atoms with Crippen LogP contribution in [0.1, 0.15) is 68.2 Å². The first-order chi connectivity index (χ1) is 17.5. The van der Waals surface area contributed by atoms with E-state index >= 15 is 4.39 Å². The third-order valence-corrected chi connectivity index (χ3v) is 7.62. The molecule has 2 aromatic heterocycles. The van der Waals surface area contributed by atoms with E-state index in [4.69, 9.17) is 22.3 Å². The molecule has 37 heavy (non-hydrogen) atoms. The molecule has 0 bridgehead atoms. The summed E-state index contributed by atoms with van der Waals surface area (Å²) in [6.07, 6.45) is 5.28.